The van der Waals surface area contributed by atoms with E-state index in [1.165, 1.54) is 0 Å². The van der Waals surface area contributed by atoms with Crippen LogP contribution >= 0.6 is 0 Å². The zero-order valence-corrected chi connectivity index (χ0v) is 10.7. The van der Waals surface area contributed by atoms with Gasteiger partial charge in [0.05, 0.1) is 6.07 Å². The van der Waals surface area contributed by atoms with Crippen LogP contribution in [0.25, 0.3) is 0 Å². The number of rotatable bonds is 2. The minimum Gasteiger partial charge on any atom is -0.334 e. The molecule has 94 valence electrons. The van der Waals surface area contributed by atoms with E-state index >= 15 is 0 Å². The Hall–Kier alpha value is -1.82. The van der Waals surface area contributed by atoms with E-state index in [0.717, 1.165) is 37.7 Å². The number of aryl methyl sites for hydroxylation is 1. The molecule has 1 aromatic rings. The third kappa shape index (κ3) is 2.70. The highest BCUT2D eigenvalue weighted by Crippen LogP contribution is 2.27. The second-order valence-electron chi connectivity index (χ2n) is 5.07. The number of benzene rings is 1. The molecular weight excluding hydrogens is 224 g/mol. The van der Waals surface area contributed by atoms with Crippen molar-refractivity contribution in [2.45, 2.75) is 44.6 Å². The highest BCUT2D eigenvalue weighted by atomic mass is 16.1. The Morgan fingerprint density at radius 3 is 2.39 bits per heavy atom. The first kappa shape index (κ1) is 12.6. The monoisotopic (exact) mass is 242 g/mol. The number of carbonyl (C=O) groups is 1. The zero-order chi connectivity index (χ0) is 13.0. The molecule has 1 amide bonds. The molecule has 0 aromatic heterocycles. The van der Waals surface area contributed by atoms with E-state index in [2.05, 4.69) is 11.4 Å². The van der Waals surface area contributed by atoms with Crippen LogP contribution < -0.4 is 5.32 Å². The lowest BCUT2D eigenvalue weighted by molar-refractivity contribution is 0.0902. The van der Waals surface area contributed by atoms with Gasteiger partial charge in [0.25, 0.3) is 5.91 Å². The summed E-state index contributed by atoms with van der Waals surface area (Å²) < 4.78 is 0. The Kier molecular flexibility index (Phi) is 3.66. The molecule has 0 spiro atoms. The molecule has 0 heterocycles. The minimum atomic E-state index is -0.653. The molecule has 0 bridgehead atoms. The first-order valence-electron chi connectivity index (χ1n) is 6.46. The molecule has 2 rings (SSSR count). The highest BCUT2D eigenvalue weighted by molar-refractivity contribution is 5.95. The normalized spacial score (nSPS) is 17.8. The van der Waals surface area contributed by atoms with Crippen LogP contribution in [0.2, 0.25) is 0 Å². The standard InChI is InChI=1S/C15H18N2O/c1-12-5-7-13(8-6-12)14(18)17-15(11-16)9-3-2-4-10-15/h5-8H,2-4,9-10H2,1H3,(H,17,18). The molecule has 0 unspecified atom stereocenters. The van der Waals surface area contributed by atoms with Gasteiger partial charge in [-0.2, -0.15) is 5.26 Å². The van der Waals surface area contributed by atoms with Gasteiger partial charge in [0.15, 0.2) is 0 Å². The van der Waals surface area contributed by atoms with Gasteiger partial charge in [-0.15, -0.1) is 0 Å². The van der Waals surface area contributed by atoms with Gasteiger partial charge >= 0.3 is 0 Å². The van der Waals surface area contributed by atoms with Crippen LogP contribution in [0.5, 0.6) is 0 Å². The first-order chi connectivity index (χ1) is 8.65. The summed E-state index contributed by atoms with van der Waals surface area (Å²) in [5.74, 6) is -0.140. The number of nitrogens with zero attached hydrogens (tertiary/aromatic N) is 1. The van der Waals surface area contributed by atoms with Crippen molar-refractivity contribution in [2.24, 2.45) is 0 Å². The van der Waals surface area contributed by atoms with E-state index in [1.807, 2.05) is 19.1 Å². The predicted molar refractivity (Wildman–Crippen MR) is 70.1 cm³/mol. The van der Waals surface area contributed by atoms with Crippen LogP contribution in [0, 0.1) is 18.3 Å². The van der Waals surface area contributed by atoms with E-state index < -0.39 is 5.54 Å². The summed E-state index contributed by atoms with van der Waals surface area (Å²) in [5, 5.41) is 12.2. The summed E-state index contributed by atoms with van der Waals surface area (Å²) in [6.45, 7) is 1.99. The van der Waals surface area contributed by atoms with Crippen molar-refractivity contribution in [1.29, 1.82) is 5.26 Å². The van der Waals surface area contributed by atoms with E-state index in [4.69, 9.17) is 0 Å². The lowest BCUT2D eigenvalue weighted by Gasteiger charge is -2.31. The minimum absolute atomic E-state index is 0.140. The number of amides is 1. The van der Waals surface area contributed by atoms with Gasteiger partial charge < -0.3 is 5.32 Å². The fraction of sp³-hybridized carbons (Fsp3) is 0.467. The Balaban J connectivity index is 2.10. The average molecular weight is 242 g/mol. The predicted octanol–water partition coefficient (Wildman–Crippen LogP) is 2.95. The number of hydrogen-bond donors (Lipinski definition) is 1. The SMILES string of the molecule is Cc1ccc(C(=O)NC2(C#N)CCCCC2)cc1. The zero-order valence-electron chi connectivity index (χ0n) is 10.7. The van der Waals surface area contributed by atoms with Gasteiger partial charge in [0.1, 0.15) is 5.54 Å². The van der Waals surface area contributed by atoms with Crippen molar-refractivity contribution in [1.82, 2.24) is 5.32 Å². The molecule has 1 aliphatic rings. The first-order valence-corrected chi connectivity index (χ1v) is 6.46. The molecule has 18 heavy (non-hydrogen) atoms. The summed E-state index contributed by atoms with van der Waals surface area (Å²) >= 11 is 0. The van der Waals surface area contributed by atoms with Gasteiger partial charge in [-0.05, 0) is 31.9 Å². The lowest BCUT2D eigenvalue weighted by atomic mass is 9.82. The summed E-state index contributed by atoms with van der Waals surface area (Å²) in [6.07, 6.45) is 4.72. The summed E-state index contributed by atoms with van der Waals surface area (Å²) in [7, 11) is 0. The maximum Gasteiger partial charge on any atom is 0.252 e. The Morgan fingerprint density at radius 1 is 1.22 bits per heavy atom. The number of nitriles is 1. The van der Waals surface area contributed by atoms with Crippen molar-refractivity contribution in [2.75, 3.05) is 0 Å². The molecule has 0 aliphatic heterocycles. The van der Waals surface area contributed by atoms with Crippen molar-refractivity contribution in [3.05, 3.63) is 35.4 Å². The summed E-state index contributed by atoms with van der Waals surface area (Å²) in [5.41, 5.74) is 1.10. The van der Waals surface area contributed by atoms with E-state index in [1.54, 1.807) is 12.1 Å². The Labute approximate surface area is 108 Å². The van der Waals surface area contributed by atoms with Crippen LogP contribution in [-0.2, 0) is 0 Å². The van der Waals surface area contributed by atoms with Crippen molar-refractivity contribution >= 4 is 5.91 Å². The second-order valence-corrected chi connectivity index (χ2v) is 5.07. The van der Waals surface area contributed by atoms with Gasteiger partial charge in [0.2, 0.25) is 0 Å². The molecule has 1 aliphatic carbocycles. The van der Waals surface area contributed by atoms with E-state index in [9.17, 15) is 10.1 Å². The molecule has 1 aromatic carbocycles. The smallest absolute Gasteiger partial charge is 0.252 e. The van der Waals surface area contributed by atoms with Gasteiger partial charge in [-0.1, -0.05) is 37.0 Å². The van der Waals surface area contributed by atoms with Crippen molar-refractivity contribution < 1.29 is 4.79 Å². The fourth-order valence-electron chi connectivity index (χ4n) is 2.41. The molecule has 1 fully saturated rings. The number of carbonyl (C=O) groups excluding carboxylic acids is 1. The number of hydrogen-bond acceptors (Lipinski definition) is 2. The molecule has 0 radical (unpaired) electrons. The van der Waals surface area contributed by atoms with Crippen molar-refractivity contribution in [3.8, 4) is 6.07 Å². The maximum absolute atomic E-state index is 12.1. The molecule has 0 saturated heterocycles. The van der Waals surface area contributed by atoms with Crippen LogP contribution in [-0.4, -0.2) is 11.4 Å². The maximum atomic E-state index is 12.1. The fourth-order valence-corrected chi connectivity index (χ4v) is 2.41. The lowest BCUT2D eigenvalue weighted by Crippen LogP contribution is -2.48. The largest absolute Gasteiger partial charge is 0.334 e. The third-order valence-corrected chi connectivity index (χ3v) is 3.59. The summed E-state index contributed by atoms with van der Waals surface area (Å²) in [4.78, 5) is 12.1. The van der Waals surface area contributed by atoms with Crippen LogP contribution in [0.3, 0.4) is 0 Å². The topological polar surface area (TPSA) is 52.9 Å². The molecule has 1 N–H and O–H groups in total. The second kappa shape index (κ2) is 5.22. The molecule has 3 nitrogen and oxygen atoms in total. The molecule has 1 saturated carbocycles. The van der Waals surface area contributed by atoms with Gasteiger partial charge in [-0.3, -0.25) is 4.79 Å². The van der Waals surface area contributed by atoms with Crippen LogP contribution in [0.4, 0.5) is 0 Å². The third-order valence-electron chi connectivity index (χ3n) is 3.59. The highest BCUT2D eigenvalue weighted by Gasteiger charge is 2.33. The van der Waals surface area contributed by atoms with Gasteiger partial charge in [0, 0.05) is 5.56 Å². The Morgan fingerprint density at radius 2 is 1.83 bits per heavy atom. The Bertz CT molecular complexity index is 464. The van der Waals surface area contributed by atoms with Crippen LogP contribution in [0.1, 0.15) is 48.0 Å². The van der Waals surface area contributed by atoms with E-state index in [0.29, 0.717) is 5.56 Å². The quantitative estimate of drug-likeness (QED) is 0.866. The number of nitrogens with one attached hydrogen (secondary N) is 1. The summed E-state index contributed by atoms with van der Waals surface area (Å²) in [6, 6.07) is 9.73. The molecule has 0 atom stereocenters. The van der Waals surface area contributed by atoms with Crippen molar-refractivity contribution in [3.63, 3.8) is 0 Å². The van der Waals surface area contributed by atoms with Gasteiger partial charge in [-0.25, -0.2) is 0 Å². The van der Waals surface area contributed by atoms with Crippen LogP contribution in [0.15, 0.2) is 24.3 Å². The van der Waals surface area contributed by atoms with E-state index in [-0.39, 0.29) is 5.91 Å². The molecule has 3 heteroatoms. The molecular formula is C15H18N2O. The average Bonchev–Trinajstić information content (AvgIpc) is 2.40.